The van der Waals surface area contributed by atoms with Crippen molar-refractivity contribution in [1.82, 2.24) is 10.2 Å². The van der Waals surface area contributed by atoms with Gasteiger partial charge in [0.2, 0.25) is 0 Å². The first kappa shape index (κ1) is 15.4. The van der Waals surface area contributed by atoms with Crippen molar-refractivity contribution in [3.63, 3.8) is 0 Å². The Morgan fingerprint density at radius 3 is 2.45 bits per heavy atom. The van der Waals surface area contributed by atoms with Gasteiger partial charge in [-0.3, -0.25) is 0 Å². The molecule has 1 aliphatic rings. The Morgan fingerprint density at radius 1 is 1.25 bits per heavy atom. The van der Waals surface area contributed by atoms with E-state index in [1.807, 2.05) is 6.92 Å². The number of rotatable bonds is 8. The van der Waals surface area contributed by atoms with Crippen LogP contribution >= 0.6 is 0 Å². The monoisotopic (exact) mass is 282 g/mol. The molecular weight excluding hydrogens is 258 g/mol. The summed E-state index contributed by atoms with van der Waals surface area (Å²) >= 11 is 0. The van der Waals surface area contributed by atoms with Crippen molar-refractivity contribution in [2.24, 2.45) is 5.92 Å². The van der Waals surface area contributed by atoms with E-state index in [0.717, 1.165) is 38.0 Å². The Labute approximate surface area is 120 Å². The molecule has 4 heteroatoms. The molecule has 0 bridgehead atoms. The molecular formula is C16H24F2N2. The van der Waals surface area contributed by atoms with Crippen LogP contribution in [0.5, 0.6) is 0 Å². The average molecular weight is 282 g/mol. The molecule has 0 radical (unpaired) electrons. The molecule has 1 aliphatic carbocycles. The normalized spacial score (nSPS) is 16.6. The van der Waals surface area contributed by atoms with Gasteiger partial charge in [-0.05, 0) is 63.0 Å². The molecule has 112 valence electrons. The molecule has 2 rings (SSSR count). The Bertz CT molecular complexity index is 412. The van der Waals surface area contributed by atoms with Crippen LogP contribution in [0.3, 0.4) is 0 Å². The summed E-state index contributed by atoms with van der Waals surface area (Å²) in [6.45, 7) is 4.87. The summed E-state index contributed by atoms with van der Waals surface area (Å²) in [6, 6.07) is 3.78. The molecule has 1 aromatic carbocycles. The van der Waals surface area contributed by atoms with Gasteiger partial charge in [0.25, 0.3) is 0 Å². The van der Waals surface area contributed by atoms with Gasteiger partial charge in [-0.1, -0.05) is 6.92 Å². The van der Waals surface area contributed by atoms with Crippen LogP contribution in [0.25, 0.3) is 0 Å². The fourth-order valence-corrected chi connectivity index (χ4v) is 2.59. The van der Waals surface area contributed by atoms with E-state index < -0.39 is 11.6 Å². The third-order valence-corrected chi connectivity index (χ3v) is 3.80. The lowest BCUT2D eigenvalue weighted by molar-refractivity contribution is 0.297. The summed E-state index contributed by atoms with van der Waals surface area (Å²) < 4.78 is 26.7. The maximum absolute atomic E-state index is 13.3. The topological polar surface area (TPSA) is 15.3 Å². The van der Waals surface area contributed by atoms with E-state index in [1.165, 1.54) is 25.0 Å². The molecule has 0 aliphatic heterocycles. The maximum Gasteiger partial charge on any atom is 0.126 e. The Hall–Kier alpha value is -1.00. The molecule has 0 spiro atoms. The lowest BCUT2D eigenvalue weighted by Gasteiger charge is -2.23. The smallest absolute Gasteiger partial charge is 0.126 e. The van der Waals surface area contributed by atoms with Crippen molar-refractivity contribution >= 4 is 0 Å². The minimum atomic E-state index is -0.505. The summed E-state index contributed by atoms with van der Waals surface area (Å²) in [5, 5.41) is 3.32. The molecule has 2 nitrogen and oxygen atoms in total. The zero-order chi connectivity index (χ0) is 14.5. The minimum absolute atomic E-state index is 0.00635. The van der Waals surface area contributed by atoms with Crippen molar-refractivity contribution in [1.29, 1.82) is 0 Å². The fraction of sp³-hybridized carbons (Fsp3) is 0.625. The van der Waals surface area contributed by atoms with Crippen LogP contribution in [0.4, 0.5) is 8.78 Å². The van der Waals surface area contributed by atoms with Crippen LogP contribution in [0.1, 0.15) is 37.8 Å². The van der Waals surface area contributed by atoms with Crippen LogP contribution in [0.2, 0.25) is 0 Å². The van der Waals surface area contributed by atoms with E-state index in [4.69, 9.17) is 0 Å². The predicted molar refractivity (Wildman–Crippen MR) is 77.6 cm³/mol. The predicted octanol–water partition coefficient (Wildman–Crippen LogP) is 3.35. The first-order chi connectivity index (χ1) is 9.58. The zero-order valence-corrected chi connectivity index (χ0v) is 12.3. The SMILES string of the molecule is CCNC(CCN(C)CC1CC1)c1cc(F)cc(F)c1. The third kappa shape index (κ3) is 4.84. The van der Waals surface area contributed by atoms with Gasteiger partial charge in [-0.25, -0.2) is 8.78 Å². The highest BCUT2D eigenvalue weighted by Gasteiger charge is 2.23. The summed E-state index contributed by atoms with van der Waals surface area (Å²) in [7, 11) is 2.12. The molecule has 20 heavy (non-hydrogen) atoms. The van der Waals surface area contributed by atoms with Gasteiger partial charge in [-0.15, -0.1) is 0 Å². The first-order valence-electron chi connectivity index (χ1n) is 7.46. The van der Waals surface area contributed by atoms with Gasteiger partial charge in [0.05, 0.1) is 0 Å². The van der Waals surface area contributed by atoms with E-state index in [-0.39, 0.29) is 6.04 Å². The van der Waals surface area contributed by atoms with E-state index in [2.05, 4.69) is 17.3 Å². The van der Waals surface area contributed by atoms with E-state index >= 15 is 0 Å². The Kier molecular flexibility index (Phi) is 5.49. The Balaban J connectivity index is 1.94. The van der Waals surface area contributed by atoms with Crippen molar-refractivity contribution < 1.29 is 8.78 Å². The second-order valence-electron chi connectivity index (χ2n) is 5.81. The average Bonchev–Trinajstić information content (AvgIpc) is 3.17. The summed E-state index contributed by atoms with van der Waals surface area (Å²) in [5.41, 5.74) is 0.698. The van der Waals surface area contributed by atoms with E-state index in [1.54, 1.807) is 0 Å². The van der Waals surface area contributed by atoms with Crippen LogP contribution in [0, 0.1) is 17.6 Å². The minimum Gasteiger partial charge on any atom is -0.310 e. The number of hydrogen-bond acceptors (Lipinski definition) is 2. The highest BCUT2D eigenvalue weighted by Crippen LogP contribution is 2.29. The lowest BCUT2D eigenvalue weighted by Crippen LogP contribution is -2.28. The van der Waals surface area contributed by atoms with Crippen molar-refractivity contribution in [2.45, 2.75) is 32.2 Å². The molecule has 0 saturated heterocycles. The van der Waals surface area contributed by atoms with Crippen molar-refractivity contribution in [3.8, 4) is 0 Å². The lowest BCUT2D eigenvalue weighted by atomic mass is 10.0. The summed E-state index contributed by atoms with van der Waals surface area (Å²) in [6.07, 6.45) is 3.55. The number of hydrogen-bond donors (Lipinski definition) is 1. The molecule has 0 amide bonds. The molecule has 1 saturated carbocycles. The van der Waals surface area contributed by atoms with Crippen molar-refractivity contribution in [3.05, 3.63) is 35.4 Å². The largest absolute Gasteiger partial charge is 0.310 e. The van der Waals surface area contributed by atoms with Crippen LogP contribution < -0.4 is 5.32 Å². The second kappa shape index (κ2) is 7.14. The van der Waals surface area contributed by atoms with Crippen LogP contribution in [-0.4, -0.2) is 31.6 Å². The number of nitrogens with zero attached hydrogens (tertiary/aromatic N) is 1. The number of benzene rings is 1. The van der Waals surface area contributed by atoms with Gasteiger partial charge >= 0.3 is 0 Å². The van der Waals surface area contributed by atoms with E-state index in [0.29, 0.717) is 5.56 Å². The van der Waals surface area contributed by atoms with Gasteiger partial charge in [0, 0.05) is 18.7 Å². The molecule has 1 N–H and O–H groups in total. The summed E-state index contributed by atoms with van der Waals surface area (Å²) in [4.78, 5) is 2.32. The number of halogens is 2. The molecule has 0 heterocycles. The Morgan fingerprint density at radius 2 is 1.90 bits per heavy atom. The highest BCUT2D eigenvalue weighted by atomic mass is 19.1. The van der Waals surface area contributed by atoms with Gasteiger partial charge < -0.3 is 10.2 Å². The fourth-order valence-electron chi connectivity index (χ4n) is 2.59. The quantitative estimate of drug-likeness (QED) is 0.786. The van der Waals surface area contributed by atoms with Crippen LogP contribution in [-0.2, 0) is 0 Å². The molecule has 1 unspecified atom stereocenters. The molecule has 1 aromatic rings. The van der Waals surface area contributed by atoms with Gasteiger partial charge in [0.15, 0.2) is 0 Å². The standard InChI is InChI=1S/C16H24F2N2/c1-3-19-16(6-7-20(2)11-12-4-5-12)13-8-14(17)10-15(18)9-13/h8-10,12,16,19H,3-7,11H2,1-2H3. The van der Waals surface area contributed by atoms with Gasteiger partial charge in [0.1, 0.15) is 11.6 Å². The highest BCUT2D eigenvalue weighted by molar-refractivity contribution is 5.21. The molecule has 1 fully saturated rings. The maximum atomic E-state index is 13.3. The third-order valence-electron chi connectivity index (χ3n) is 3.80. The van der Waals surface area contributed by atoms with Crippen molar-refractivity contribution in [2.75, 3.05) is 26.7 Å². The molecule has 0 aromatic heterocycles. The van der Waals surface area contributed by atoms with Gasteiger partial charge in [-0.2, -0.15) is 0 Å². The van der Waals surface area contributed by atoms with Crippen LogP contribution in [0.15, 0.2) is 18.2 Å². The number of nitrogens with one attached hydrogen (secondary N) is 1. The van der Waals surface area contributed by atoms with E-state index in [9.17, 15) is 8.78 Å². The second-order valence-corrected chi connectivity index (χ2v) is 5.81. The zero-order valence-electron chi connectivity index (χ0n) is 12.3. The molecule has 1 atom stereocenters. The summed E-state index contributed by atoms with van der Waals surface area (Å²) in [5.74, 6) is -0.146. The first-order valence-corrected chi connectivity index (χ1v) is 7.46.